The van der Waals surface area contributed by atoms with E-state index in [2.05, 4.69) is 10.3 Å². The molecule has 0 radical (unpaired) electrons. The number of pyridine rings is 1. The number of nitro benzene ring substituents is 1. The van der Waals surface area contributed by atoms with E-state index in [9.17, 15) is 10.1 Å². The summed E-state index contributed by atoms with van der Waals surface area (Å²) >= 11 is 0. The van der Waals surface area contributed by atoms with Gasteiger partial charge >= 0.3 is 0 Å². The summed E-state index contributed by atoms with van der Waals surface area (Å²) in [6.45, 7) is 2.43. The molecule has 110 valence electrons. The van der Waals surface area contributed by atoms with Crippen molar-refractivity contribution >= 4 is 22.3 Å². The Balaban J connectivity index is 1.85. The molecule has 1 atom stereocenters. The van der Waals surface area contributed by atoms with Crippen molar-refractivity contribution in [2.24, 2.45) is 5.92 Å². The van der Waals surface area contributed by atoms with Crippen molar-refractivity contribution in [2.45, 2.75) is 12.8 Å². The van der Waals surface area contributed by atoms with E-state index in [0.29, 0.717) is 11.4 Å². The standard InChI is InChI=1S/C15H17N3O3/c19-18(20)14-6-5-13(12-4-1-7-16-15(12)14)17-9-11-3-2-8-21-10-11/h1,4-7,11,17H,2-3,8-10H2. The van der Waals surface area contributed by atoms with E-state index in [0.717, 1.165) is 43.7 Å². The van der Waals surface area contributed by atoms with Crippen molar-refractivity contribution in [2.75, 3.05) is 25.1 Å². The van der Waals surface area contributed by atoms with Gasteiger partial charge in [0.05, 0.1) is 11.5 Å². The summed E-state index contributed by atoms with van der Waals surface area (Å²) in [6.07, 6.45) is 3.82. The van der Waals surface area contributed by atoms with Crippen LogP contribution in [0.4, 0.5) is 11.4 Å². The SMILES string of the molecule is O=[N+]([O-])c1ccc(NCC2CCCOC2)c2cccnc12. The maximum Gasteiger partial charge on any atom is 0.295 e. The van der Waals surface area contributed by atoms with Gasteiger partial charge in [-0.3, -0.25) is 10.1 Å². The number of ether oxygens (including phenoxy) is 1. The van der Waals surface area contributed by atoms with Gasteiger partial charge in [-0.25, -0.2) is 4.98 Å². The van der Waals surface area contributed by atoms with Crippen LogP contribution in [-0.2, 0) is 4.74 Å². The van der Waals surface area contributed by atoms with E-state index >= 15 is 0 Å². The van der Waals surface area contributed by atoms with Crippen molar-refractivity contribution < 1.29 is 9.66 Å². The van der Waals surface area contributed by atoms with E-state index < -0.39 is 4.92 Å². The fraction of sp³-hybridized carbons (Fsp3) is 0.400. The maximum absolute atomic E-state index is 11.1. The second-order valence-electron chi connectivity index (χ2n) is 5.25. The zero-order valence-electron chi connectivity index (χ0n) is 11.6. The fourth-order valence-electron chi connectivity index (χ4n) is 2.68. The number of benzene rings is 1. The monoisotopic (exact) mass is 287 g/mol. The molecule has 21 heavy (non-hydrogen) atoms. The third-order valence-electron chi connectivity index (χ3n) is 3.78. The molecule has 1 aliphatic rings. The van der Waals surface area contributed by atoms with Crippen LogP contribution < -0.4 is 5.32 Å². The normalized spacial score (nSPS) is 18.6. The first kappa shape index (κ1) is 13.8. The van der Waals surface area contributed by atoms with Gasteiger partial charge in [-0.1, -0.05) is 0 Å². The van der Waals surface area contributed by atoms with Gasteiger partial charge in [0.25, 0.3) is 5.69 Å². The predicted molar refractivity (Wildman–Crippen MR) is 80.4 cm³/mol. The highest BCUT2D eigenvalue weighted by molar-refractivity contribution is 5.96. The minimum Gasteiger partial charge on any atom is -0.384 e. The number of rotatable bonds is 4. The van der Waals surface area contributed by atoms with Gasteiger partial charge in [-0.2, -0.15) is 0 Å². The summed E-state index contributed by atoms with van der Waals surface area (Å²) in [5.74, 6) is 0.487. The van der Waals surface area contributed by atoms with E-state index in [1.807, 2.05) is 6.07 Å². The molecule has 0 saturated carbocycles. The lowest BCUT2D eigenvalue weighted by atomic mass is 10.0. The van der Waals surface area contributed by atoms with Gasteiger partial charge in [0.15, 0.2) is 0 Å². The molecule has 2 aromatic rings. The summed E-state index contributed by atoms with van der Waals surface area (Å²) in [5.41, 5.74) is 1.35. The van der Waals surface area contributed by atoms with E-state index in [1.54, 1.807) is 18.3 Å². The smallest absolute Gasteiger partial charge is 0.295 e. The average molecular weight is 287 g/mol. The predicted octanol–water partition coefficient (Wildman–Crippen LogP) is 2.98. The Bertz CT molecular complexity index is 654. The zero-order valence-corrected chi connectivity index (χ0v) is 11.6. The van der Waals surface area contributed by atoms with Crippen LogP contribution in [0.1, 0.15) is 12.8 Å². The number of hydrogen-bond acceptors (Lipinski definition) is 5. The van der Waals surface area contributed by atoms with Crippen LogP contribution in [0.25, 0.3) is 10.9 Å². The highest BCUT2D eigenvalue weighted by atomic mass is 16.6. The molecule has 1 fully saturated rings. The molecule has 3 rings (SSSR count). The van der Waals surface area contributed by atoms with Crippen molar-refractivity contribution in [1.29, 1.82) is 0 Å². The van der Waals surface area contributed by atoms with Crippen LogP contribution in [0, 0.1) is 16.0 Å². The number of fused-ring (bicyclic) bond motifs is 1. The Kier molecular flexibility index (Phi) is 3.96. The molecule has 2 heterocycles. The Labute approximate surface area is 122 Å². The minimum atomic E-state index is -0.395. The highest BCUT2D eigenvalue weighted by Crippen LogP contribution is 2.30. The number of nitrogens with one attached hydrogen (secondary N) is 1. The molecule has 1 aromatic heterocycles. The topological polar surface area (TPSA) is 77.3 Å². The molecular weight excluding hydrogens is 270 g/mol. The average Bonchev–Trinajstić information content (AvgIpc) is 2.53. The number of hydrogen-bond donors (Lipinski definition) is 1. The molecule has 1 aromatic carbocycles. The first-order chi connectivity index (χ1) is 10.3. The molecule has 6 heteroatoms. The van der Waals surface area contributed by atoms with E-state index in [-0.39, 0.29) is 5.69 Å². The number of nitrogens with zero attached hydrogens (tertiary/aromatic N) is 2. The lowest BCUT2D eigenvalue weighted by molar-refractivity contribution is -0.383. The Morgan fingerprint density at radius 2 is 2.33 bits per heavy atom. The molecule has 0 bridgehead atoms. The Morgan fingerprint density at radius 3 is 3.10 bits per heavy atom. The third kappa shape index (κ3) is 2.95. The molecule has 0 amide bonds. The van der Waals surface area contributed by atoms with Gasteiger partial charge in [-0.15, -0.1) is 0 Å². The van der Waals surface area contributed by atoms with Gasteiger partial charge in [0.1, 0.15) is 5.52 Å². The zero-order chi connectivity index (χ0) is 14.7. The number of nitro groups is 1. The van der Waals surface area contributed by atoms with Gasteiger partial charge in [-0.05, 0) is 37.0 Å². The number of anilines is 1. The van der Waals surface area contributed by atoms with Crippen LogP contribution in [0.5, 0.6) is 0 Å². The quantitative estimate of drug-likeness (QED) is 0.691. The van der Waals surface area contributed by atoms with E-state index in [1.165, 1.54) is 6.07 Å². The lowest BCUT2D eigenvalue weighted by Crippen LogP contribution is -2.24. The Morgan fingerprint density at radius 1 is 1.43 bits per heavy atom. The van der Waals surface area contributed by atoms with Gasteiger partial charge in [0.2, 0.25) is 0 Å². The molecule has 6 nitrogen and oxygen atoms in total. The molecular formula is C15H17N3O3. The van der Waals surface area contributed by atoms with Crippen molar-refractivity contribution in [1.82, 2.24) is 4.98 Å². The van der Waals surface area contributed by atoms with Gasteiger partial charge < -0.3 is 10.1 Å². The number of non-ortho nitro benzene ring substituents is 1. The van der Waals surface area contributed by atoms with Crippen molar-refractivity contribution in [3.8, 4) is 0 Å². The molecule has 0 spiro atoms. The summed E-state index contributed by atoms with van der Waals surface area (Å²) in [6, 6.07) is 6.91. The van der Waals surface area contributed by atoms with Crippen LogP contribution in [-0.4, -0.2) is 29.7 Å². The van der Waals surface area contributed by atoms with Crippen LogP contribution in [0.15, 0.2) is 30.5 Å². The third-order valence-corrected chi connectivity index (χ3v) is 3.78. The summed E-state index contributed by atoms with van der Waals surface area (Å²) in [4.78, 5) is 14.8. The number of aromatic nitrogens is 1. The molecule has 0 aliphatic carbocycles. The first-order valence-electron chi connectivity index (χ1n) is 7.09. The molecule has 1 aliphatic heterocycles. The molecule has 1 unspecified atom stereocenters. The van der Waals surface area contributed by atoms with Crippen molar-refractivity contribution in [3.63, 3.8) is 0 Å². The van der Waals surface area contributed by atoms with Crippen molar-refractivity contribution in [3.05, 3.63) is 40.6 Å². The summed E-state index contributed by atoms with van der Waals surface area (Å²) in [7, 11) is 0. The second-order valence-corrected chi connectivity index (χ2v) is 5.25. The Hall–Kier alpha value is -2.21. The summed E-state index contributed by atoms with van der Waals surface area (Å²) in [5, 5.41) is 15.2. The molecule has 1 N–H and O–H groups in total. The van der Waals surface area contributed by atoms with Crippen LogP contribution in [0.2, 0.25) is 0 Å². The fourth-order valence-corrected chi connectivity index (χ4v) is 2.68. The highest BCUT2D eigenvalue weighted by Gasteiger charge is 2.17. The lowest BCUT2D eigenvalue weighted by Gasteiger charge is -2.23. The minimum absolute atomic E-state index is 0.0390. The molecule has 1 saturated heterocycles. The van der Waals surface area contributed by atoms with E-state index in [4.69, 9.17) is 4.74 Å². The van der Waals surface area contributed by atoms with Gasteiger partial charge in [0, 0.05) is 36.5 Å². The maximum atomic E-state index is 11.1. The largest absolute Gasteiger partial charge is 0.384 e. The second kappa shape index (κ2) is 6.05. The van der Waals surface area contributed by atoms with Crippen LogP contribution >= 0.6 is 0 Å². The first-order valence-corrected chi connectivity index (χ1v) is 7.09. The van der Waals surface area contributed by atoms with Crippen LogP contribution in [0.3, 0.4) is 0 Å². The summed E-state index contributed by atoms with van der Waals surface area (Å²) < 4.78 is 5.47.